The lowest BCUT2D eigenvalue weighted by molar-refractivity contribution is 0.103. The number of rotatable bonds is 4. The second-order valence-electron chi connectivity index (χ2n) is 4.08. The van der Waals surface area contributed by atoms with Gasteiger partial charge in [0.25, 0.3) is 0 Å². The third-order valence-corrected chi connectivity index (χ3v) is 4.42. The summed E-state index contributed by atoms with van der Waals surface area (Å²) in [5.41, 5.74) is 0.640. The molecule has 6 nitrogen and oxygen atoms in total. The number of aromatic nitrogens is 1. The van der Waals surface area contributed by atoms with Crippen LogP contribution in [0.2, 0.25) is 0 Å². The van der Waals surface area contributed by atoms with Crippen molar-refractivity contribution < 1.29 is 22.7 Å². The molecule has 0 amide bonds. The summed E-state index contributed by atoms with van der Waals surface area (Å²) in [7, 11) is -3.28. The van der Waals surface area contributed by atoms with Gasteiger partial charge in [-0.25, -0.2) is 18.2 Å². The Morgan fingerprint density at radius 3 is 2.81 bits per heavy atom. The summed E-state index contributed by atoms with van der Waals surface area (Å²) >= 11 is 1.24. The Kier molecular flexibility index (Phi) is 4.59. The summed E-state index contributed by atoms with van der Waals surface area (Å²) in [4.78, 5) is 15.5. The van der Waals surface area contributed by atoms with Gasteiger partial charge in [-0.15, -0.1) is 11.3 Å². The fourth-order valence-electron chi connectivity index (χ4n) is 1.53. The Hall–Kier alpha value is -1.93. The molecule has 0 saturated carbocycles. The minimum atomic E-state index is -3.28. The molecule has 0 fully saturated rings. The second-order valence-corrected chi connectivity index (χ2v) is 6.95. The minimum absolute atomic E-state index is 0.123. The summed E-state index contributed by atoms with van der Waals surface area (Å²) in [5.74, 6) is 0.123. The lowest BCUT2D eigenvalue weighted by atomic mass is 10.2. The lowest BCUT2D eigenvalue weighted by Gasteiger charge is -2.01. The van der Waals surface area contributed by atoms with Gasteiger partial charge < -0.3 is 9.47 Å². The monoisotopic (exact) mass is 327 g/mol. The van der Waals surface area contributed by atoms with Gasteiger partial charge in [0.2, 0.25) is 5.88 Å². The quantitative estimate of drug-likeness (QED) is 0.803. The first kappa shape index (κ1) is 15.5. The topological polar surface area (TPSA) is 82.6 Å². The van der Waals surface area contributed by atoms with Crippen molar-refractivity contribution in [3.05, 3.63) is 29.6 Å². The number of benzene rings is 1. The van der Waals surface area contributed by atoms with Crippen molar-refractivity contribution in [2.45, 2.75) is 11.8 Å². The standard InChI is InChI=1S/C13H13NO5S2/c1-3-18-13(15)19-11-8-20-12(14-11)9-5-4-6-10(7-9)21(2,16)17/h4-8H,3H2,1-2H3. The minimum Gasteiger partial charge on any atom is -0.434 e. The summed E-state index contributed by atoms with van der Waals surface area (Å²) in [6.45, 7) is 1.89. The molecule has 0 aliphatic rings. The zero-order chi connectivity index (χ0) is 15.5. The largest absolute Gasteiger partial charge is 0.515 e. The van der Waals surface area contributed by atoms with Gasteiger partial charge in [-0.05, 0) is 19.1 Å². The molecule has 2 aromatic rings. The van der Waals surface area contributed by atoms with Crippen molar-refractivity contribution in [3.8, 4) is 16.5 Å². The van der Waals surface area contributed by atoms with Crippen LogP contribution in [0.15, 0.2) is 34.5 Å². The van der Waals surface area contributed by atoms with Crippen LogP contribution in [0.4, 0.5) is 4.79 Å². The van der Waals surface area contributed by atoms with Gasteiger partial charge in [-0.2, -0.15) is 0 Å². The number of thiazole rings is 1. The fraction of sp³-hybridized carbons (Fsp3) is 0.231. The molecule has 112 valence electrons. The number of carbonyl (C=O) groups excluding carboxylic acids is 1. The van der Waals surface area contributed by atoms with Crippen LogP contribution < -0.4 is 4.74 Å². The Morgan fingerprint density at radius 2 is 2.14 bits per heavy atom. The molecule has 1 heterocycles. The molecule has 0 N–H and O–H groups in total. The van der Waals surface area contributed by atoms with E-state index in [0.717, 1.165) is 6.26 Å². The molecule has 0 radical (unpaired) electrons. The van der Waals surface area contributed by atoms with Crippen molar-refractivity contribution in [1.29, 1.82) is 0 Å². The first-order valence-electron chi connectivity index (χ1n) is 6.01. The van der Waals surface area contributed by atoms with Gasteiger partial charge in [-0.1, -0.05) is 12.1 Å². The van der Waals surface area contributed by atoms with Crippen LogP contribution in [-0.4, -0.2) is 32.4 Å². The predicted octanol–water partition coefficient (Wildman–Crippen LogP) is 2.75. The average Bonchev–Trinajstić information content (AvgIpc) is 2.86. The number of hydrogen-bond donors (Lipinski definition) is 0. The number of ether oxygens (including phenoxy) is 2. The normalized spacial score (nSPS) is 11.1. The van der Waals surface area contributed by atoms with E-state index in [1.54, 1.807) is 24.4 Å². The first-order chi connectivity index (χ1) is 9.90. The molecule has 0 aliphatic carbocycles. The fourth-order valence-corrected chi connectivity index (χ4v) is 2.92. The van der Waals surface area contributed by atoms with E-state index in [1.165, 1.54) is 23.5 Å². The highest BCUT2D eigenvalue weighted by atomic mass is 32.2. The highest BCUT2D eigenvalue weighted by Crippen LogP contribution is 2.28. The molecular weight excluding hydrogens is 314 g/mol. The van der Waals surface area contributed by atoms with Gasteiger partial charge >= 0.3 is 6.16 Å². The molecule has 0 aliphatic heterocycles. The van der Waals surface area contributed by atoms with E-state index >= 15 is 0 Å². The first-order valence-corrected chi connectivity index (χ1v) is 8.78. The average molecular weight is 327 g/mol. The van der Waals surface area contributed by atoms with Crippen molar-refractivity contribution in [3.63, 3.8) is 0 Å². The molecule has 2 rings (SSSR count). The smallest absolute Gasteiger partial charge is 0.434 e. The Bertz CT molecular complexity index is 751. The van der Waals surface area contributed by atoms with Crippen LogP contribution in [-0.2, 0) is 14.6 Å². The van der Waals surface area contributed by atoms with Crippen LogP contribution in [0.1, 0.15) is 6.92 Å². The van der Waals surface area contributed by atoms with Gasteiger partial charge in [0.15, 0.2) is 9.84 Å². The van der Waals surface area contributed by atoms with E-state index in [2.05, 4.69) is 9.72 Å². The third kappa shape index (κ3) is 4.02. The number of nitrogens with zero attached hydrogens (tertiary/aromatic N) is 1. The summed E-state index contributed by atoms with van der Waals surface area (Å²) in [6.07, 6.45) is 0.322. The Balaban J connectivity index is 2.24. The molecule has 21 heavy (non-hydrogen) atoms. The van der Waals surface area contributed by atoms with Gasteiger partial charge in [0, 0.05) is 11.8 Å². The van der Waals surface area contributed by atoms with Crippen LogP contribution in [0.5, 0.6) is 5.88 Å². The van der Waals surface area contributed by atoms with Crippen LogP contribution >= 0.6 is 11.3 Å². The van der Waals surface area contributed by atoms with E-state index in [9.17, 15) is 13.2 Å². The maximum Gasteiger partial charge on any atom is 0.515 e. The Morgan fingerprint density at radius 1 is 1.38 bits per heavy atom. The number of hydrogen-bond acceptors (Lipinski definition) is 7. The molecular formula is C13H13NO5S2. The van der Waals surface area contributed by atoms with Gasteiger partial charge in [0.05, 0.1) is 16.9 Å². The molecule has 0 unspecified atom stereocenters. The molecule has 1 aromatic heterocycles. The highest BCUT2D eigenvalue weighted by Gasteiger charge is 2.13. The molecule has 0 spiro atoms. The summed E-state index contributed by atoms with van der Waals surface area (Å²) in [5, 5.41) is 2.11. The summed E-state index contributed by atoms with van der Waals surface area (Å²) in [6, 6.07) is 6.42. The molecule has 0 bridgehead atoms. The van der Waals surface area contributed by atoms with E-state index in [4.69, 9.17) is 4.74 Å². The van der Waals surface area contributed by atoms with E-state index in [0.29, 0.717) is 10.6 Å². The molecule has 0 atom stereocenters. The maximum absolute atomic E-state index is 11.5. The van der Waals surface area contributed by atoms with E-state index in [1.807, 2.05) is 0 Å². The zero-order valence-corrected chi connectivity index (χ0v) is 13.0. The summed E-state index contributed by atoms with van der Waals surface area (Å²) < 4.78 is 32.6. The predicted molar refractivity (Wildman–Crippen MR) is 78.3 cm³/mol. The van der Waals surface area contributed by atoms with Crippen LogP contribution in [0.25, 0.3) is 10.6 Å². The van der Waals surface area contributed by atoms with Gasteiger partial charge in [-0.3, -0.25) is 0 Å². The third-order valence-electron chi connectivity index (χ3n) is 2.44. The van der Waals surface area contributed by atoms with Crippen molar-refractivity contribution in [2.75, 3.05) is 12.9 Å². The Labute approximate surface area is 126 Å². The molecule has 1 aromatic carbocycles. The lowest BCUT2D eigenvalue weighted by Crippen LogP contribution is -2.10. The van der Waals surface area contributed by atoms with Crippen molar-refractivity contribution in [1.82, 2.24) is 4.98 Å². The molecule has 8 heteroatoms. The number of sulfone groups is 1. The zero-order valence-electron chi connectivity index (χ0n) is 11.4. The maximum atomic E-state index is 11.5. The van der Waals surface area contributed by atoms with E-state index < -0.39 is 16.0 Å². The van der Waals surface area contributed by atoms with Crippen LogP contribution in [0.3, 0.4) is 0 Å². The van der Waals surface area contributed by atoms with Crippen molar-refractivity contribution in [2.24, 2.45) is 0 Å². The number of carbonyl (C=O) groups is 1. The SMILES string of the molecule is CCOC(=O)Oc1csc(-c2cccc(S(C)(=O)=O)c2)n1. The molecule has 0 saturated heterocycles. The van der Waals surface area contributed by atoms with E-state index in [-0.39, 0.29) is 17.4 Å². The van der Waals surface area contributed by atoms with Crippen molar-refractivity contribution >= 4 is 27.3 Å². The van der Waals surface area contributed by atoms with Gasteiger partial charge in [0.1, 0.15) is 5.01 Å². The second kappa shape index (κ2) is 6.23. The highest BCUT2D eigenvalue weighted by molar-refractivity contribution is 7.90. The van der Waals surface area contributed by atoms with Crippen LogP contribution in [0, 0.1) is 0 Å².